The number of Topliss-reactive ketones (excluding diaryl/α,β-unsaturated/α-hetero) is 2. The number of fused-ring (bicyclic) bond motifs is 4. The van der Waals surface area contributed by atoms with E-state index in [9.17, 15) is 48.0 Å². The molecule has 1 amide bonds. The Bertz CT molecular complexity index is 1420. The molecule has 5 atom stereocenters. The lowest BCUT2D eigenvalue weighted by Gasteiger charge is -2.48. The van der Waals surface area contributed by atoms with E-state index in [4.69, 9.17) is 11.5 Å². The Morgan fingerprint density at radius 1 is 1.15 bits per heavy atom. The number of phenolic OH excluding ortho intramolecular Hbond substituents is 1. The normalized spacial score (nSPS) is 29.7. The molecule has 1 heterocycles. The SMILES string of the molecule is CC[C@@H](C)N1Cc2c(O)c3c(c(C(F)(F)F)c2C1)C[C@H]1C[C@H]2[C@H](N)C(=O)C(C(N)=O)=C(O)[C@@]2(O)C(=O)C1=C3O. The van der Waals surface area contributed by atoms with Crippen molar-refractivity contribution in [2.45, 2.75) is 70.1 Å². The van der Waals surface area contributed by atoms with Crippen LogP contribution in [0.25, 0.3) is 5.76 Å². The molecule has 1 aromatic carbocycles. The van der Waals surface area contributed by atoms with E-state index in [1.165, 1.54) is 0 Å². The molecule has 210 valence electrons. The number of carbonyl (C=O) groups is 3. The van der Waals surface area contributed by atoms with Gasteiger partial charge in [-0.1, -0.05) is 6.92 Å². The summed E-state index contributed by atoms with van der Waals surface area (Å²) in [6, 6.07) is -1.78. The van der Waals surface area contributed by atoms with Crippen molar-refractivity contribution >= 4 is 23.2 Å². The molecular formula is C26H28F3N3O7. The zero-order valence-electron chi connectivity index (χ0n) is 21.1. The minimum Gasteiger partial charge on any atom is -0.508 e. The second kappa shape index (κ2) is 8.54. The summed E-state index contributed by atoms with van der Waals surface area (Å²) < 4.78 is 43.7. The first-order valence-corrected chi connectivity index (χ1v) is 12.5. The Balaban J connectivity index is 1.75. The molecule has 13 heteroatoms. The molecule has 8 N–H and O–H groups in total. The van der Waals surface area contributed by atoms with Crippen molar-refractivity contribution in [3.63, 3.8) is 0 Å². The fourth-order valence-electron chi connectivity index (χ4n) is 6.68. The third-order valence-corrected chi connectivity index (χ3v) is 8.86. The van der Waals surface area contributed by atoms with E-state index < -0.39 is 98.7 Å². The number of hydrogen-bond donors (Lipinski definition) is 6. The fraction of sp³-hybridized carbons (Fsp3) is 0.500. The van der Waals surface area contributed by atoms with Gasteiger partial charge in [-0.2, -0.15) is 13.2 Å². The predicted octanol–water partition coefficient (Wildman–Crippen LogP) is 1.49. The van der Waals surface area contributed by atoms with Gasteiger partial charge in [-0.15, -0.1) is 0 Å². The van der Waals surface area contributed by atoms with Gasteiger partial charge >= 0.3 is 6.18 Å². The van der Waals surface area contributed by atoms with Crippen LogP contribution >= 0.6 is 0 Å². The quantitative estimate of drug-likeness (QED) is 0.303. The number of nitrogens with zero attached hydrogens (tertiary/aromatic N) is 1. The topological polar surface area (TPSA) is 187 Å². The van der Waals surface area contributed by atoms with Crippen LogP contribution in [0.4, 0.5) is 13.2 Å². The molecule has 1 aromatic rings. The minimum atomic E-state index is -4.86. The van der Waals surface area contributed by atoms with E-state index in [0.717, 1.165) is 0 Å². The van der Waals surface area contributed by atoms with Crippen LogP contribution in [0, 0.1) is 11.8 Å². The first-order chi connectivity index (χ1) is 18.1. The Kier molecular flexibility index (Phi) is 5.95. The van der Waals surface area contributed by atoms with Gasteiger partial charge in [0, 0.05) is 36.2 Å². The van der Waals surface area contributed by atoms with Gasteiger partial charge < -0.3 is 31.9 Å². The van der Waals surface area contributed by atoms with Crippen LogP contribution in [0.1, 0.15) is 54.5 Å². The Morgan fingerprint density at radius 3 is 2.33 bits per heavy atom. The molecule has 0 radical (unpaired) electrons. The monoisotopic (exact) mass is 551 g/mol. The lowest BCUT2D eigenvalue weighted by molar-refractivity contribution is -0.149. The molecule has 0 unspecified atom stereocenters. The Morgan fingerprint density at radius 2 is 1.77 bits per heavy atom. The molecule has 1 fully saturated rings. The number of halogens is 3. The molecule has 1 aliphatic heterocycles. The number of hydrogen-bond acceptors (Lipinski definition) is 9. The highest BCUT2D eigenvalue weighted by molar-refractivity contribution is 6.24. The molecule has 1 saturated carbocycles. The number of benzene rings is 1. The van der Waals surface area contributed by atoms with E-state index in [0.29, 0.717) is 6.42 Å². The molecule has 5 rings (SSSR count). The Hall–Kier alpha value is -3.42. The maximum atomic E-state index is 14.6. The van der Waals surface area contributed by atoms with Gasteiger partial charge in [0.2, 0.25) is 5.78 Å². The average Bonchev–Trinajstić information content (AvgIpc) is 3.28. The number of phenols is 1. The van der Waals surface area contributed by atoms with E-state index in [1.807, 2.05) is 13.8 Å². The second-order valence-electron chi connectivity index (χ2n) is 10.8. The number of nitrogens with two attached hydrogens (primary N) is 2. The van der Waals surface area contributed by atoms with E-state index in [2.05, 4.69) is 0 Å². The highest BCUT2D eigenvalue weighted by Gasteiger charge is 2.63. The summed E-state index contributed by atoms with van der Waals surface area (Å²) in [6.07, 6.45) is -5.05. The molecule has 10 nitrogen and oxygen atoms in total. The van der Waals surface area contributed by atoms with Gasteiger partial charge in [0.05, 0.1) is 17.2 Å². The zero-order valence-corrected chi connectivity index (χ0v) is 21.1. The summed E-state index contributed by atoms with van der Waals surface area (Å²) >= 11 is 0. The van der Waals surface area contributed by atoms with E-state index >= 15 is 0 Å². The van der Waals surface area contributed by atoms with Crippen LogP contribution in [-0.4, -0.2) is 60.5 Å². The smallest absolute Gasteiger partial charge is 0.417 e. The first-order valence-electron chi connectivity index (χ1n) is 12.5. The molecule has 0 saturated heterocycles. The highest BCUT2D eigenvalue weighted by Crippen LogP contribution is 2.55. The summed E-state index contributed by atoms with van der Waals surface area (Å²) in [7, 11) is 0. The number of carbonyl (C=O) groups excluding carboxylic acids is 3. The molecule has 39 heavy (non-hydrogen) atoms. The Labute approximate surface area is 220 Å². The maximum absolute atomic E-state index is 14.6. The summed E-state index contributed by atoms with van der Waals surface area (Å²) in [4.78, 5) is 39.9. The minimum absolute atomic E-state index is 0.0129. The van der Waals surface area contributed by atoms with Gasteiger partial charge in [0.25, 0.3) is 5.91 Å². The van der Waals surface area contributed by atoms with Gasteiger partial charge in [-0.3, -0.25) is 19.3 Å². The lowest BCUT2D eigenvalue weighted by atomic mass is 9.57. The van der Waals surface area contributed by atoms with E-state index in [-0.39, 0.29) is 36.7 Å². The number of aromatic hydroxyl groups is 1. The van der Waals surface area contributed by atoms with Crippen LogP contribution in [-0.2, 0) is 40.1 Å². The molecule has 3 aliphatic carbocycles. The average molecular weight is 552 g/mol. The molecule has 0 aromatic heterocycles. The number of rotatable bonds is 3. The largest absolute Gasteiger partial charge is 0.508 e. The first kappa shape index (κ1) is 27.2. The van der Waals surface area contributed by atoms with Crippen LogP contribution in [0.2, 0.25) is 0 Å². The molecule has 4 aliphatic rings. The highest BCUT2D eigenvalue weighted by atomic mass is 19.4. The van der Waals surface area contributed by atoms with Crippen molar-refractivity contribution in [2.75, 3.05) is 0 Å². The van der Waals surface area contributed by atoms with E-state index in [1.54, 1.807) is 4.90 Å². The van der Waals surface area contributed by atoms with Crippen molar-refractivity contribution in [2.24, 2.45) is 23.3 Å². The van der Waals surface area contributed by atoms with Crippen molar-refractivity contribution in [1.82, 2.24) is 4.90 Å². The third-order valence-electron chi connectivity index (χ3n) is 8.86. The van der Waals surface area contributed by atoms with Crippen LogP contribution in [0.5, 0.6) is 5.75 Å². The van der Waals surface area contributed by atoms with Crippen LogP contribution in [0.3, 0.4) is 0 Å². The second-order valence-corrected chi connectivity index (χ2v) is 10.8. The number of amides is 1. The molecule has 0 bridgehead atoms. The number of primary amides is 1. The summed E-state index contributed by atoms with van der Waals surface area (Å²) in [6.45, 7) is 3.64. The number of ketones is 2. The maximum Gasteiger partial charge on any atom is 0.417 e. The fourth-order valence-corrected chi connectivity index (χ4v) is 6.68. The summed E-state index contributed by atoms with van der Waals surface area (Å²) in [5.41, 5.74) is 4.51. The summed E-state index contributed by atoms with van der Waals surface area (Å²) in [5, 5.41) is 44.5. The predicted molar refractivity (Wildman–Crippen MR) is 129 cm³/mol. The number of alkyl halides is 3. The zero-order chi connectivity index (χ0) is 28.9. The van der Waals surface area contributed by atoms with Crippen molar-refractivity contribution in [3.05, 3.63) is 44.7 Å². The van der Waals surface area contributed by atoms with Gasteiger partial charge in [-0.05, 0) is 43.2 Å². The van der Waals surface area contributed by atoms with Crippen LogP contribution < -0.4 is 11.5 Å². The van der Waals surface area contributed by atoms with Crippen molar-refractivity contribution in [3.8, 4) is 5.75 Å². The number of aliphatic hydroxyl groups is 3. The molecule has 0 spiro atoms. The van der Waals surface area contributed by atoms with Crippen molar-refractivity contribution in [1.29, 1.82) is 0 Å². The van der Waals surface area contributed by atoms with Gasteiger partial charge in [0.1, 0.15) is 22.8 Å². The standard InChI is InChI=1S/C26H28F3N3O7/c1-3-8(2)32-6-11-12(7-32)19(33)15-10(17(11)26(27,28)29)4-9-5-13-18(30)21(35)16(24(31)38)23(37)25(13,39)22(36)14(9)20(15)34/h8-9,13,18,33-34,37,39H,3-7,30H2,1-2H3,(H2,31,38)/t8-,9+,13+,18+,25+/m1/s1. The van der Waals surface area contributed by atoms with Gasteiger partial charge in [-0.25, -0.2) is 0 Å². The van der Waals surface area contributed by atoms with Crippen molar-refractivity contribution < 1.29 is 48.0 Å². The lowest BCUT2D eigenvalue weighted by Crippen LogP contribution is -2.65. The van der Waals surface area contributed by atoms with Crippen LogP contribution in [0.15, 0.2) is 16.9 Å². The van der Waals surface area contributed by atoms with Gasteiger partial charge in [0.15, 0.2) is 11.4 Å². The third kappa shape index (κ3) is 3.49. The number of aliphatic hydroxyl groups excluding tert-OH is 2. The molecular weight excluding hydrogens is 523 g/mol. The summed E-state index contributed by atoms with van der Waals surface area (Å²) in [5.74, 6) is -9.42.